The maximum atomic E-state index is 12.3. The molecular weight excluding hydrogens is 224 g/mol. The number of rotatable bonds is 2. The van der Waals surface area contributed by atoms with E-state index in [4.69, 9.17) is 6.42 Å². The van der Waals surface area contributed by atoms with Gasteiger partial charge in [0.2, 0.25) is 0 Å². The molecule has 0 radical (unpaired) electrons. The Morgan fingerprint density at radius 1 is 1.50 bits per heavy atom. The lowest BCUT2D eigenvalue weighted by molar-refractivity contribution is 0.0928. The molecule has 1 amide bonds. The zero-order chi connectivity index (χ0) is 13.2. The minimum atomic E-state index is -0.618. The molecule has 0 aliphatic carbocycles. The van der Waals surface area contributed by atoms with Gasteiger partial charge >= 0.3 is 0 Å². The Balaban J connectivity index is 2.29. The summed E-state index contributed by atoms with van der Waals surface area (Å²) >= 11 is 0. The van der Waals surface area contributed by atoms with Crippen molar-refractivity contribution in [3.05, 3.63) is 34.9 Å². The molecular formula is C15H18N2O. The Kier molecular flexibility index (Phi) is 3.40. The molecule has 1 aliphatic heterocycles. The fraction of sp³-hybridized carbons (Fsp3) is 0.400. The molecule has 0 unspecified atom stereocenters. The monoisotopic (exact) mass is 242 g/mol. The summed E-state index contributed by atoms with van der Waals surface area (Å²) in [6, 6.07) is 5.85. The highest BCUT2D eigenvalue weighted by atomic mass is 16.1. The Morgan fingerprint density at radius 3 is 3.00 bits per heavy atom. The molecule has 1 aromatic carbocycles. The minimum absolute atomic E-state index is 0.0864. The molecule has 0 atom stereocenters. The van der Waals surface area contributed by atoms with Crippen LogP contribution in [0.2, 0.25) is 0 Å². The van der Waals surface area contributed by atoms with Crippen LogP contribution in [-0.2, 0) is 13.0 Å². The third kappa shape index (κ3) is 2.55. The fourth-order valence-electron chi connectivity index (χ4n) is 2.13. The van der Waals surface area contributed by atoms with E-state index in [1.54, 1.807) is 0 Å². The van der Waals surface area contributed by atoms with Gasteiger partial charge in [0.05, 0.1) is 5.54 Å². The molecule has 3 heteroatoms. The maximum Gasteiger partial charge on any atom is 0.252 e. The summed E-state index contributed by atoms with van der Waals surface area (Å²) in [7, 11) is 0. The minimum Gasteiger partial charge on any atom is -0.336 e. The molecule has 1 aliphatic rings. The third-order valence-electron chi connectivity index (χ3n) is 3.17. The van der Waals surface area contributed by atoms with Crippen molar-refractivity contribution >= 4 is 5.91 Å². The zero-order valence-electron chi connectivity index (χ0n) is 10.8. The molecule has 0 aromatic heterocycles. The normalized spacial score (nSPS) is 14.5. The van der Waals surface area contributed by atoms with E-state index in [-0.39, 0.29) is 5.91 Å². The molecule has 0 saturated carbocycles. The van der Waals surface area contributed by atoms with Crippen molar-refractivity contribution in [2.24, 2.45) is 0 Å². The van der Waals surface area contributed by atoms with Crippen molar-refractivity contribution in [1.82, 2.24) is 10.6 Å². The number of fused-ring (bicyclic) bond motifs is 1. The summed E-state index contributed by atoms with van der Waals surface area (Å²) < 4.78 is 0. The van der Waals surface area contributed by atoms with Crippen molar-refractivity contribution in [1.29, 1.82) is 0 Å². The van der Waals surface area contributed by atoms with Gasteiger partial charge in [-0.25, -0.2) is 0 Å². The smallest absolute Gasteiger partial charge is 0.252 e. The van der Waals surface area contributed by atoms with Crippen LogP contribution < -0.4 is 10.6 Å². The second kappa shape index (κ2) is 4.83. The second-order valence-corrected chi connectivity index (χ2v) is 5.09. The largest absolute Gasteiger partial charge is 0.336 e. The number of carbonyl (C=O) groups is 1. The predicted octanol–water partition coefficient (Wildman–Crippen LogP) is 1.47. The average Bonchev–Trinajstić information content (AvgIpc) is 2.37. The van der Waals surface area contributed by atoms with Gasteiger partial charge in [-0.2, -0.15) is 0 Å². The first-order valence-corrected chi connectivity index (χ1v) is 6.15. The molecule has 94 valence electrons. The van der Waals surface area contributed by atoms with Gasteiger partial charge in [-0.15, -0.1) is 6.42 Å². The standard InChI is InChI=1S/C15H18N2O/c1-4-15(2,3)17-14(18)13-7-5-6-11-10-16-9-8-12(11)13/h1,5-7,16H,8-10H2,2-3H3,(H,17,18). The van der Waals surface area contributed by atoms with Crippen molar-refractivity contribution in [3.63, 3.8) is 0 Å². The SMILES string of the molecule is C#CC(C)(C)NC(=O)c1cccc2c1CCNC2. The molecule has 0 saturated heterocycles. The maximum absolute atomic E-state index is 12.3. The Labute approximate surface area is 108 Å². The van der Waals surface area contributed by atoms with E-state index in [1.165, 1.54) is 5.56 Å². The van der Waals surface area contributed by atoms with Gasteiger partial charge in [0.15, 0.2) is 0 Å². The summed E-state index contributed by atoms with van der Waals surface area (Å²) in [5.41, 5.74) is 2.47. The van der Waals surface area contributed by atoms with Crippen molar-refractivity contribution in [2.75, 3.05) is 6.54 Å². The van der Waals surface area contributed by atoms with Crippen LogP contribution in [0.1, 0.15) is 35.3 Å². The molecule has 0 bridgehead atoms. The van der Waals surface area contributed by atoms with Crippen LogP contribution >= 0.6 is 0 Å². The summed E-state index contributed by atoms with van der Waals surface area (Å²) in [6.45, 7) is 5.38. The third-order valence-corrected chi connectivity index (χ3v) is 3.17. The first-order valence-electron chi connectivity index (χ1n) is 6.15. The molecule has 2 rings (SSSR count). The first-order chi connectivity index (χ1) is 8.53. The van der Waals surface area contributed by atoms with E-state index in [0.717, 1.165) is 30.6 Å². The van der Waals surface area contributed by atoms with Crippen molar-refractivity contribution in [2.45, 2.75) is 32.4 Å². The number of carbonyl (C=O) groups excluding carboxylic acids is 1. The van der Waals surface area contributed by atoms with E-state index in [9.17, 15) is 4.79 Å². The molecule has 2 N–H and O–H groups in total. The van der Waals surface area contributed by atoms with Gasteiger partial charge in [-0.3, -0.25) is 4.79 Å². The number of amides is 1. The zero-order valence-corrected chi connectivity index (χ0v) is 10.8. The van der Waals surface area contributed by atoms with Crippen LogP contribution in [0.15, 0.2) is 18.2 Å². The predicted molar refractivity (Wildman–Crippen MR) is 72.2 cm³/mol. The van der Waals surface area contributed by atoms with Crippen LogP contribution in [0.4, 0.5) is 0 Å². The van der Waals surface area contributed by atoms with Gasteiger partial charge in [-0.05, 0) is 44.0 Å². The lowest BCUT2D eigenvalue weighted by Gasteiger charge is -2.23. The van der Waals surface area contributed by atoms with Crippen LogP contribution in [-0.4, -0.2) is 18.0 Å². The Bertz CT molecular complexity index is 512. The Morgan fingerprint density at radius 2 is 2.28 bits per heavy atom. The average molecular weight is 242 g/mol. The topological polar surface area (TPSA) is 41.1 Å². The van der Waals surface area contributed by atoms with E-state index >= 15 is 0 Å². The number of hydrogen-bond donors (Lipinski definition) is 2. The summed E-state index contributed by atoms with van der Waals surface area (Å²) in [4.78, 5) is 12.3. The molecule has 18 heavy (non-hydrogen) atoms. The highest BCUT2D eigenvalue weighted by Gasteiger charge is 2.22. The lowest BCUT2D eigenvalue weighted by Crippen LogP contribution is -2.42. The number of terminal acetylenes is 1. The number of nitrogens with one attached hydrogen (secondary N) is 2. The van der Waals surface area contributed by atoms with Crippen molar-refractivity contribution < 1.29 is 4.79 Å². The quantitative estimate of drug-likeness (QED) is 0.771. The van der Waals surface area contributed by atoms with Crippen LogP contribution in [0.25, 0.3) is 0 Å². The van der Waals surface area contributed by atoms with Gasteiger partial charge < -0.3 is 10.6 Å². The van der Waals surface area contributed by atoms with E-state index < -0.39 is 5.54 Å². The number of hydrogen-bond acceptors (Lipinski definition) is 2. The van der Waals surface area contributed by atoms with Crippen molar-refractivity contribution in [3.8, 4) is 12.3 Å². The molecule has 1 heterocycles. The molecule has 1 aromatic rings. The van der Waals surface area contributed by atoms with Gasteiger partial charge in [-0.1, -0.05) is 18.1 Å². The summed E-state index contributed by atoms with van der Waals surface area (Å²) in [6.07, 6.45) is 6.28. The van der Waals surface area contributed by atoms with Gasteiger partial charge in [0.1, 0.15) is 0 Å². The van der Waals surface area contributed by atoms with E-state index in [2.05, 4.69) is 22.6 Å². The van der Waals surface area contributed by atoms with Gasteiger partial charge in [0, 0.05) is 12.1 Å². The Hall–Kier alpha value is -1.79. The fourth-order valence-corrected chi connectivity index (χ4v) is 2.13. The van der Waals surface area contributed by atoms with Crippen LogP contribution in [0.5, 0.6) is 0 Å². The first kappa shape index (κ1) is 12.7. The summed E-state index contributed by atoms with van der Waals surface area (Å²) in [5.74, 6) is 2.49. The lowest BCUT2D eigenvalue weighted by atomic mass is 9.94. The number of benzene rings is 1. The molecule has 0 spiro atoms. The van der Waals surface area contributed by atoms with Gasteiger partial charge in [0.25, 0.3) is 5.91 Å². The second-order valence-electron chi connectivity index (χ2n) is 5.09. The molecule has 3 nitrogen and oxygen atoms in total. The van der Waals surface area contributed by atoms with E-state index in [1.807, 2.05) is 26.0 Å². The highest BCUT2D eigenvalue weighted by molar-refractivity contribution is 5.96. The molecule has 0 fully saturated rings. The highest BCUT2D eigenvalue weighted by Crippen LogP contribution is 2.19. The van der Waals surface area contributed by atoms with Crippen LogP contribution in [0, 0.1) is 12.3 Å². The summed E-state index contributed by atoms with van der Waals surface area (Å²) in [5, 5.41) is 6.18. The van der Waals surface area contributed by atoms with Crippen LogP contribution in [0.3, 0.4) is 0 Å². The van der Waals surface area contributed by atoms with E-state index in [0.29, 0.717) is 0 Å².